The summed E-state index contributed by atoms with van der Waals surface area (Å²) < 4.78 is 1.78. The van der Waals surface area contributed by atoms with Crippen LogP contribution < -0.4 is 5.73 Å². The molecule has 1 heterocycles. The van der Waals surface area contributed by atoms with Gasteiger partial charge in [0.1, 0.15) is 5.52 Å². The first-order valence-corrected chi connectivity index (χ1v) is 4.70. The van der Waals surface area contributed by atoms with Crippen LogP contribution in [0.3, 0.4) is 0 Å². The highest BCUT2D eigenvalue weighted by Gasteiger charge is 2.03. The van der Waals surface area contributed by atoms with Crippen LogP contribution >= 0.6 is 0 Å². The van der Waals surface area contributed by atoms with Gasteiger partial charge in [-0.2, -0.15) is 0 Å². The summed E-state index contributed by atoms with van der Waals surface area (Å²) in [5, 5.41) is 7.97. The second-order valence-corrected chi connectivity index (χ2v) is 3.72. The fraction of sp³-hybridized carbons (Fsp3) is 0.400. The van der Waals surface area contributed by atoms with Crippen molar-refractivity contribution in [3.05, 3.63) is 23.8 Å². The molecule has 2 N–H and O–H groups in total. The summed E-state index contributed by atoms with van der Waals surface area (Å²) in [5.41, 5.74) is 8.97. The molecule has 0 spiro atoms. The molecule has 1 atom stereocenters. The van der Waals surface area contributed by atoms with Gasteiger partial charge in [-0.15, -0.1) is 5.10 Å². The molecule has 14 heavy (non-hydrogen) atoms. The van der Waals surface area contributed by atoms with Crippen LogP contribution in [0.4, 0.5) is 0 Å². The van der Waals surface area contributed by atoms with Crippen LogP contribution in [0.5, 0.6) is 0 Å². The number of rotatable bonds is 2. The molecule has 0 bridgehead atoms. The van der Waals surface area contributed by atoms with Crippen LogP contribution in [0, 0.1) is 0 Å². The molecule has 0 aliphatic heterocycles. The van der Waals surface area contributed by atoms with Crippen LogP contribution in [0.25, 0.3) is 11.0 Å². The van der Waals surface area contributed by atoms with Gasteiger partial charge in [0, 0.05) is 13.1 Å². The molecule has 0 saturated heterocycles. The van der Waals surface area contributed by atoms with Crippen molar-refractivity contribution in [1.82, 2.24) is 15.0 Å². The van der Waals surface area contributed by atoms with Gasteiger partial charge in [-0.05, 0) is 31.0 Å². The van der Waals surface area contributed by atoms with Crippen molar-refractivity contribution in [2.24, 2.45) is 12.8 Å². The Bertz CT molecular complexity index is 444. The third kappa shape index (κ3) is 1.61. The van der Waals surface area contributed by atoms with E-state index in [2.05, 4.69) is 22.4 Å². The fourth-order valence-corrected chi connectivity index (χ4v) is 1.57. The zero-order valence-corrected chi connectivity index (χ0v) is 8.44. The number of fused-ring (bicyclic) bond motifs is 1. The first kappa shape index (κ1) is 9.15. The average Bonchev–Trinajstić information content (AvgIpc) is 2.47. The lowest BCUT2D eigenvalue weighted by atomic mass is 10.1. The van der Waals surface area contributed by atoms with E-state index < -0.39 is 0 Å². The molecule has 1 aromatic carbocycles. The second-order valence-electron chi connectivity index (χ2n) is 3.72. The highest BCUT2D eigenvalue weighted by Crippen LogP contribution is 2.13. The van der Waals surface area contributed by atoms with Crippen LogP contribution in [0.1, 0.15) is 12.5 Å². The third-order valence-corrected chi connectivity index (χ3v) is 2.23. The topological polar surface area (TPSA) is 56.7 Å². The normalized spacial score (nSPS) is 13.4. The number of nitrogens with two attached hydrogens (primary N) is 1. The van der Waals surface area contributed by atoms with Gasteiger partial charge in [0.2, 0.25) is 0 Å². The molecular weight excluding hydrogens is 176 g/mol. The Morgan fingerprint density at radius 2 is 2.29 bits per heavy atom. The van der Waals surface area contributed by atoms with Gasteiger partial charge in [0.15, 0.2) is 0 Å². The minimum Gasteiger partial charge on any atom is -0.328 e. The zero-order valence-electron chi connectivity index (χ0n) is 8.44. The predicted molar refractivity (Wildman–Crippen MR) is 55.9 cm³/mol. The summed E-state index contributed by atoms with van der Waals surface area (Å²) in [7, 11) is 1.89. The molecule has 0 aliphatic rings. The van der Waals surface area contributed by atoms with Crippen molar-refractivity contribution in [3.8, 4) is 0 Å². The number of hydrogen-bond donors (Lipinski definition) is 1. The fourth-order valence-electron chi connectivity index (χ4n) is 1.57. The van der Waals surface area contributed by atoms with E-state index in [1.54, 1.807) is 4.68 Å². The Hall–Kier alpha value is -1.42. The monoisotopic (exact) mass is 190 g/mol. The van der Waals surface area contributed by atoms with Crippen LogP contribution in [-0.4, -0.2) is 21.0 Å². The van der Waals surface area contributed by atoms with Crippen molar-refractivity contribution in [2.75, 3.05) is 0 Å². The highest BCUT2D eigenvalue weighted by molar-refractivity contribution is 5.74. The number of aromatic nitrogens is 3. The van der Waals surface area contributed by atoms with Gasteiger partial charge in [-0.1, -0.05) is 11.3 Å². The van der Waals surface area contributed by atoms with E-state index in [1.165, 1.54) is 5.56 Å². The van der Waals surface area contributed by atoms with E-state index >= 15 is 0 Å². The summed E-state index contributed by atoms with van der Waals surface area (Å²) in [6, 6.07) is 6.33. The number of nitrogens with zero attached hydrogens (tertiary/aromatic N) is 3. The summed E-state index contributed by atoms with van der Waals surface area (Å²) >= 11 is 0. The maximum atomic E-state index is 5.74. The molecule has 0 aliphatic carbocycles. The highest BCUT2D eigenvalue weighted by atomic mass is 15.4. The molecular formula is C10H14N4. The van der Waals surface area contributed by atoms with E-state index in [4.69, 9.17) is 5.73 Å². The van der Waals surface area contributed by atoms with E-state index in [1.807, 2.05) is 20.0 Å². The molecule has 4 heteroatoms. The molecule has 1 unspecified atom stereocenters. The first-order chi connectivity index (χ1) is 6.66. The van der Waals surface area contributed by atoms with Gasteiger partial charge in [-0.25, -0.2) is 4.68 Å². The number of hydrogen-bond acceptors (Lipinski definition) is 3. The van der Waals surface area contributed by atoms with E-state index in [9.17, 15) is 0 Å². The molecule has 0 amide bonds. The minimum atomic E-state index is 0.189. The maximum Gasteiger partial charge on any atom is 0.113 e. The predicted octanol–water partition coefficient (Wildman–Crippen LogP) is 0.858. The molecule has 0 saturated carbocycles. The van der Waals surface area contributed by atoms with E-state index in [0.717, 1.165) is 17.5 Å². The van der Waals surface area contributed by atoms with Gasteiger partial charge in [0.25, 0.3) is 0 Å². The largest absolute Gasteiger partial charge is 0.328 e. The summed E-state index contributed by atoms with van der Waals surface area (Å²) in [6.45, 7) is 2.01. The van der Waals surface area contributed by atoms with Crippen LogP contribution in [0.2, 0.25) is 0 Å². The molecule has 0 radical (unpaired) electrons. The van der Waals surface area contributed by atoms with Crippen molar-refractivity contribution in [2.45, 2.75) is 19.4 Å². The molecule has 2 aromatic rings. The smallest absolute Gasteiger partial charge is 0.113 e. The van der Waals surface area contributed by atoms with Gasteiger partial charge in [0.05, 0.1) is 5.52 Å². The number of benzene rings is 1. The van der Waals surface area contributed by atoms with Crippen molar-refractivity contribution in [3.63, 3.8) is 0 Å². The van der Waals surface area contributed by atoms with Crippen molar-refractivity contribution in [1.29, 1.82) is 0 Å². The average molecular weight is 190 g/mol. The van der Waals surface area contributed by atoms with Crippen LogP contribution in [0.15, 0.2) is 18.2 Å². The molecule has 74 valence electrons. The third-order valence-electron chi connectivity index (χ3n) is 2.23. The second kappa shape index (κ2) is 3.38. The van der Waals surface area contributed by atoms with Crippen LogP contribution in [-0.2, 0) is 13.5 Å². The Balaban J connectivity index is 2.44. The number of aryl methyl sites for hydroxylation is 1. The summed E-state index contributed by atoms with van der Waals surface area (Å²) in [5.74, 6) is 0. The van der Waals surface area contributed by atoms with Gasteiger partial charge < -0.3 is 5.73 Å². The maximum absolute atomic E-state index is 5.74. The molecule has 2 rings (SSSR count). The van der Waals surface area contributed by atoms with Crippen molar-refractivity contribution < 1.29 is 0 Å². The lowest BCUT2D eigenvalue weighted by Crippen LogP contribution is -2.17. The molecule has 4 nitrogen and oxygen atoms in total. The van der Waals surface area contributed by atoms with E-state index in [0.29, 0.717) is 0 Å². The Kier molecular flexibility index (Phi) is 2.21. The Morgan fingerprint density at radius 1 is 1.50 bits per heavy atom. The van der Waals surface area contributed by atoms with E-state index in [-0.39, 0.29) is 6.04 Å². The quantitative estimate of drug-likeness (QED) is 0.764. The Labute approximate surface area is 82.7 Å². The van der Waals surface area contributed by atoms with Crippen molar-refractivity contribution >= 4 is 11.0 Å². The Morgan fingerprint density at radius 3 is 3.00 bits per heavy atom. The standard InChI is InChI=1S/C10H14N4/c1-7(11)5-8-3-4-9-10(6-8)14(2)13-12-9/h3-4,6-7H,5,11H2,1-2H3. The van der Waals surface area contributed by atoms with Gasteiger partial charge >= 0.3 is 0 Å². The molecule has 1 aromatic heterocycles. The lowest BCUT2D eigenvalue weighted by Gasteiger charge is -2.04. The first-order valence-electron chi connectivity index (χ1n) is 4.70. The lowest BCUT2D eigenvalue weighted by molar-refractivity contribution is 0.730. The molecule has 0 fully saturated rings. The minimum absolute atomic E-state index is 0.189. The summed E-state index contributed by atoms with van der Waals surface area (Å²) in [6.07, 6.45) is 0.890. The SMILES string of the molecule is CC(N)Cc1ccc2nnn(C)c2c1. The van der Waals surface area contributed by atoms with Gasteiger partial charge in [-0.3, -0.25) is 0 Å². The summed E-state index contributed by atoms with van der Waals surface area (Å²) in [4.78, 5) is 0. The zero-order chi connectivity index (χ0) is 10.1.